The van der Waals surface area contributed by atoms with Crippen LogP contribution in [0.25, 0.3) is 0 Å². The van der Waals surface area contributed by atoms with Gasteiger partial charge in [0.2, 0.25) is 0 Å². The molecule has 4 rings (SSSR count). The van der Waals surface area contributed by atoms with E-state index in [0.29, 0.717) is 10.7 Å². The Bertz CT molecular complexity index is 1030. The highest BCUT2D eigenvalue weighted by atomic mass is 32.2. The highest BCUT2D eigenvalue weighted by molar-refractivity contribution is 8.16. The van der Waals surface area contributed by atoms with Crippen molar-refractivity contribution in [1.82, 2.24) is 0 Å². The first-order chi connectivity index (χ1) is 13.3. The minimum atomic E-state index is -3.10. The number of hydrogen-bond donors (Lipinski definition) is 0. The molecule has 0 aromatic heterocycles. The van der Waals surface area contributed by atoms with E-state index in [0.717, 1.165) is 11.3 Å². The van der Waals surface area contributed by atoms with Crippen molar-refractivity contribution in [2.75, 3.05) is 16.4 Å². The molecule has 0 bridgehead atoms. The molecule has 146 valence electrons. The Labute approximate surface area is 167 Å². The Balaban J connectivity index is 1.62. The molecule has 2 aromatic rings. The number of amidine groups is 1. The normalized spacial score (nSPS) is 24.5. The Kier molecular flexibility index (Phi) is 5.01. The Hall–Kier alpha value is -2.19. The summed E-state index contributed by atoms with van der Waals surface area (Å²) in [6, 6.07) is 13.3. The first-order valence-electron chi connectivity index (χ1n) is 8.90. The van der Waals surface area contributed by atoms with Gasteiger partial charge < -0.3 is 4.90 Å². The van der Waals surface area contributed by atoms with Gasteiger partial charge in [-0.25, -0.2) is 12.8 Å². The zero-order chi connectivity index (χ0) is 19.9. The van der Waals surface area contributed by atoms with Crippen molar-refractivity contribution < 1.29 is 17.6 Å². The predicted molar refractivity (Wildman–Crippen MR) is 110 cm³/mol. The van der Waals surface area contributed by atoms with Gasteiger partial charge in [-0.3, -0.25) is 4.79 Å². The van der Waals surface area contributed by atoms with Crippen LogP contribution in [0.2, 0.25) is 0 Å². The topological polar surface area (TPSA) is 66.8 Å². The highest BCUT2D eigenvalue weighted by Crippen LogP contribution is 2.41. The summed E-state index contributed by atoms with van der Waals surface area (Å²) in [6.07, 6.45) is 0.0692. The summed E-state index contributed by atoms with van der Waals surface area (Å²) in [5.74, 6) is -0.540. The summed E-state index contributed by atoms with van der Waals surface area (Å²) in [5, 5.41) is 0.393. The fourth-order valence-electron chi connectivity index (χ4n) is 3.49. The zero-order valence-corrected chi connectivity index (χ0v) is 16.8. The predicted octanol–water partition coefficient (Wildman–Crippen LogP) is 2.98. The van der Waals surface area contributed by atoms with E-state index in [-0.39, 0.29) is 40.9 Å². The summed E-state index contributed by atoms with van der Waals surface area (Å²) in [7, 11) is -3.10. The number of carbonyl (C=O) groups is 1. The van der Waals surface area contributed by atoms with Crippen molar-refractivity contribution in [3.8, 4) is 0 Å². The lowest BCUT2D eigenvalue weighted by Gasteiger charge is -2.24. The molecule has 5 nitrogen and oxygen atoms in total. The minimum Gasteiger partial charge on any atom is -0.316 e. The monoisotopic (exact) mass is 418 g/mol. The van der Waals surface area contributed by atoms with E-state index in [1.807, 2.05) is 36.1 Å². The van der Waals surface area contributed by atoms with Gasteiger partial charge in [-0.1, -0.05) is 41.6 Å². The Morgan fingerprint density at radius 1 is 1.14 bits per heavy atom. The van der Waals surface area contributed by atoms with Gasteiger partial charge >= 0.3 is 0 Å². The Morgan fingerprint density at radius 3 is 2.50 bits per heavy atom. The van der Waals surface area contributed by atoms with Crippen LogP contribution in [0.5, 0.6) is 0 Å². The first-order valence-corrected chi connectivity index (χ1v) is 11.6. The SMILES string of the molecule is Cc1ccc(N2C(=NC(=O)Cc3ccc(F)cc3)S[C@H]3CS(=O)(=O)C[C@@H]32)cc1. The molecule has 2 aromatic carbocycles. The number of nitrogens with zero attached hydrogens (tertiary/aromatic N) is 2. The van der Waals surface area contributed by atoms with Crippen LogP contribution in [0.4, 0.5) is 10.1 Å². The van der Waals surface area contributed by atoms with Gasteiger partial charge in [-0.05, 0) is 36.8 Å². The summed E-state index contributed by atoms with van der Waals surface area (Å²) in [5.41, 5.74) is 2.61. The molecule has 2 saturated heterocycles. The smallest absolute Gasteiger partial charge is 0.252 e. The molecule has 28 heavy (non-hydrogen) atoms. The van der Waals surface area contributed by atoms with E-state index in [1.165, 1.54) is 23.9 Å². The van der Waals surface area contributed by atoms with Crippen molar-refractivity contribution in [1.29, 1.82) is 0 Å². The van der Waals surface area contributed by atoms with Crippen LogP contribution in [0, 0.1) is 12.7 Å². The second kappa shape index (κ2) is 7.33. The first kappa shape index (κ1) is 19.1. The van der Waals surface area contributed by atoms with Crippen LogP contribution in [0.15, 0.2) is 53.5 Å². The van der Waals surface area contributed by atoms with E-state index >= 15 is 0 Å². The lowest BCUT2D eigenvalue weighted by molar-refractivity contribution is -0.117. The number of anilines is 1. The number of amides is 1. The molecular weight excluding hydrogens is 399 g/mol. The molecule has 0 N–H and O–H groups in total. The highest BCUT2D eigenvalue weighted by Gasteiger charge is 2.49. The molecule has 2 heterocycles. The number of rotatable bonds is 3. The van der Waals surface area contributed by atoms with Crippen LogP contribution >= 0.6 is 11.8 Å². The summed E-state index contributed by atoms with van der Waals surface area (Å²) in [6.45, 7) is 1.98. The quantitative estimate of drug-likeness (QED) is 0.767. The number of fused-ring (bicyclic) bond motifs is 1. The largest absolute Gasteiger partial charge is 0.316 e. The van der Waals surface area contributed by atoms with Gasteiger partial charge in [0.05, 0.1) is 24.0 Å². The molecule has 2 atom stereocenters. The van der Waals surface area contributed by atoms with Crippen LogP contribution in [0.1, 0.15) is 11.1 Å². The number of thioether (sulfide) groups is 1. The van der Waals surface area contributed by atoms with Gasteiger partial charge in [0.25, 0.3) is 5.91 Å². The lowest BCUT2D eigenvalue weighted by atomic mass is 10.1. The minimum absolute atomic E-state index is 0.0592. The second-order valence-electron chi connectivity index (χ2n) is 7.10. The molecular formula is C20H19FN2O3S2. The summed E-state index contributed by atoms with van der Waals surface area (Å²) in [4.78, 5) is 18.7. The second-order valence-corrected chi connectivity index (χ2v) is 10.5. The van der Waals surface area contributed by atoms with Crippen LogP contribution in [-0.2, 0) is 21.1 Å². The van der Waals surface area contributed by atoms with Gasteiger partial charge in [-0.2, -0.15) is 4.99 Å². The summed E-state index contributed by atoms with van der Waals surface area (Å²) >= 11 is 1.35. The number of hydrogen-bond acceptors (Lipinski definition) is 4. The standard InChI is InChI=1S/C20H19FN2O3S2/c1-13-2-8-16(9-3-13)23-17-11-28(25,26)12-18(17)27-20(23)22-19(24)10-14-4-6-15(21)7-5-14/h2-9,17-18H,10-12H2,1H3/t17-,18-/m0/s1. The fraction of sp³-hybridized carbons (Fsp3) is 0.300. The van der Waals surface area contributed by atoms with Crippen molar-refractivity contribution >= 4 is 38.4 Å². The molecule has 0 radical (unpaired) electrons. The number of sulfone groups is 1. The van der Waals surface area contributed by atoms with Crippen molar-refractivity contribution in [3.05, 3.63) is 65.5 Å². The molecule has 1 amide bonds. The molecule has 2 fully saturated rings. The van der Waals surface area contributed by atoms with E-state index in [2.05, 4.69) is 4.99 Å². The van der Waals surface area contributed by atoms with Crippen LogP contribution in [-0.4, -0.2) is 42.3 Å². The molecule has 2 aliphatic heterocycles. The van der Waals surface area contributed by atoms with E-state index in [4.69, 9.17) is 0 Å². The Morgan fingerprint density at radius 2 is 1.82 bits per heavy atom. The maximum atomic E-state index is 13.0. The van der Waals surface area contributed by atoms with Crippen LogP contribution < -0.4 is 4.90 Å². The third-order valence-corrected chi connectivity index (χ3v) is 8.08. The van der Waals surface area contributed by atoms with Gasteiger partial charge in [0, 0.05) is 10.9 Å². The number of halogens is 1. The van der Waals surface area contributed by atoms with Crippen molar-refractivity contribution in [3.63, 3.8) is 0 Å². The number of benzene rings is 2. The van der Waals surface area contributed by atoms with Crippen molar-refractivity contribution in [2.45, 2.75) is 24.6 Å². The maximum Gasteiger partial charge on any atom is 0.252 e. The van der Waals surface area contributed by atoms with Gasteiger partial charge in [0.15, 0.2) is 15.0 Å². The molecule has 8 heteroatoms. The third-order valence-electron chi connectivity index (χ3n) is 4.87. The van der Waals surface area contributed by atoms with E-state index in [9.17, 15) is 17.6 Å². The lowest BCUT2D eigenvalue weighted by Crippen LogP contribution is -2.37. The molecule has 0 saturated carbocycles. The molecule has 2 aliphatic rings. The van der Waals surface area contributed by atoms with E-state index in [1.54, 1.807) is 12.1 Å². The maximum absolute atomic E-state index is 13.0. The third kappa shape index (κ3) is 3.98. The number of aryl methyl sites for hydroxylation is 1. The molecule has 0 aliphatic carbocycles. The van der Waals surface area contributed by atoms with Crippen LogP contribution in [0.3, 0.4) is 0 Å². The van der Waals surface area contributed by atoms with Gasteiger partial charge in [0.1, 0.15) is 5.82 Å². The molecule has 0 spiro atoms. The number of carbonyl (C=O) groups excluding carboxylic acids is 1. The van der Waals surface area contributed by atoms with Gasteiger partial charge in [-0.15, -0.1) is 0 Å². The average Bonchev–Trinajstić information content (AvgIpc) is 3.09. The fourth-order valence-corrected chi connectivity index (χ4v) is 7.43. The van der Waals surface area contributed by atoms with E-state index < -0.39 is 9.84 Å². The van der Waals surface area contributed by atoms with Crippen molar-refractivity contribution in [2.24, 2.45) is 4.99 Å². The average molecular weight is 419 g/mol. The number of aliphatic imine (C=N–C) groups is 1. The zero-order valence-electron chi connectivity index (χ0n) is 15.2. The molecule has 0 unspecified atom stereocenters. The summed E-state index contributed by atoms with van der Waals surface area (Å²) < 4.78 is 37.2.